The van der Waals surface area contributed by atoms with Crippen molar-refractivity contribution < 1.29 is 0 Å². The van der Waals surface area contributed by atoms with E-state index in [1.54, 1.807) is 6.08 Å². The van der Waals surface area contributed by atoms with Gasteiger partial charge in [0, 0.05) is 0 Å². The van der Waals surface area contributed by atoms with Crippen LogP contribution in [0.1, 0.15) is 51.9 Å². The van der Waals surface area contributed by atoms with E-state index in [9.17, 15) is 0 Å². The van der Waals surface area contributed by atoms with Crippen molar-refractivity contribution in [1.29, 1.82) is 0 Å². The van der Waals surface area contributed by atoms with Gasteiger partial charge in [0.2, 0.25) is 0 Å². The van der Waals surface area contributed by atoms with E-state index in [1.807, 2.05) is 24.3 Å². The minimum Gasteiger partial charge on any atom is -0.0845 e. The van der Waals surface area contributed by atoms with Gasteiger partial charge in [0.25, 0.3) is 0 Å². The molecule has 0 fully saturated rings. The number of allylic oxidation sites excluding steroid dienone is 8. The van der Waals surface area contributed by atoms with E-state index in [0.717, 1.165) is 0 Å². The molecule has 0 bridgehead atoms. The first-order chi connectivity index (χ1) is 8.41. The Bertz CT molecular complexity index is 241. The maximum atomic E-state index is 3.61. The minimum absolute atomic E-state index is 1.21. The van der Waals surface area contributed by atoms with E-state index in [4.69, 9.17) is 0 Å². The number of rotatable bonds is 10. The molecule has 0 atom stereocenters. The third-order valence-corrected chi connectivity index (χ3v) is 2.55. The molecule has 17 heavy (non-hydrogen) atoms. The zero-order chi connectivity index (χ0) is 12.6. The third-order valence-electron chi connectivity index (χ3n) is 2.55. The molecular formula is C17H27. The highest BCUT2D eigenvalue weighted by atomic mass is 13.9. The summed E-state index contributed by atoms with van der Waals surface area (Å²) in [5.74, 6) is 0. The van der Waals surface area contributed by atoms with Gasteiger partial charge in [-0.2, -0.15) is 0 Å². The van der Waals surface area contributed by atoms with Crippen LogP contribution in [0.5, 0.6) is 0 Å². The largest absolute Gasteiger partial charge is 0.0845 e. The van der Waals surface area contributed by atoms with Gasteiger partial charge < -0.3 is 0 Å². The second-order valence-corrected chi connectivity index (χ2v) is 4.18. The zero-order valence-electron chi connectivity index (χ0n) is 11.3. The van der Waals surface area contributed by atoms with Gasteiger partial charge in [-0.05, 0) is 19.8 Å². The summed E-state index contributed by atoms with van der Waals surface area (Å²) in [4.78, 5) is 0. The van der Waals surface area contributed by atoms with E-state index in [1.165, 1.54) is 44.9 Å². The Morgan fingerprint density at radius 3 is 2.00 bits per heavy atom. The molecule has 0 amide bonds. The minimum atomic E-state index is 1.21. The van der Waals surface area contributed by atoms with Gasteiger partial charge in [-0.3, -0.25) is 0 Å². The quantitative estimate of drug-likeness (QED) is 0.329. The number of hydrogen-bond donors (Lipinski definition) is 0. The summed E-state index contributed by atoms with van der Waals surface area (Å²) in [6, 6.07) is 0. The van der Waals surface area contributed by atoms with Gasteiger partial charge >= 0.3 is 0 Å². The van der Waals surface area contributed by atoms with Crippen molar-refractivity contribution in [2.75, 3.05) is 0 Å². The molecular weight excluding hydrogens is 204 g/mol. The molecule has 0 aliphatic rings. The fourth-order valence-electron chi connectivity index (χ4n) is 1.55. The molecule has 1 radical (unpaired) electrons. The van der Waals surface area contributed by atoms with Gasteiger partial charge in [0.15, 0.2) is 0 Å². The van der Waals surface area contributed by atoms with Crippen molar-refractivity contribution in [3.8, 4) is 0 Å². The van der Waals surface area contributed by atoms with E-state index >= 15 is 0 Å². The highest BCUT2D eigenvalue weighted by molar-refractivity contribution is 5.15. The van der Waals surface area contributed by atoms with Crippen LogP contribution in [0, 0.1) is 6.92 Å². The Labute approximate surface area is 108 Å². The molecule has 0 spiro atoms. The first-order valence-corrected chi connectivity index (χ1v) is 6.86. The molecule has 0 unspecified atom stereocenters. The summed E-state index contributed by atoms with van der Waals surface area (Å²) >= 11 is 0. The lowest BCUT2D eigenvalue weighted by molar-refractivity contribution is 0.611. The second-order valence-electron chi connectivity index (χ2n) is 4.18. The third kappa shape index (κ3) is 15.0. The first-order valence-electron chi connectivity index (χ1n) is 6.86. The van der Waals surface area contributed by atoms with Crippen LogP contribution in [0.25, 0.3) is 0 Å². The summed E-state index contributed by atoms with van der Waals surface area (Å²) in [5.41, 5.74) is 0. The van der Waals surface area contributed by atoms with Crippen molar-refractivity contribution >= 4 is 0 Å². The van der Waals surface area contributed by atoms with Gasteiger partial charge in [0.05, 0.1) is 0 Å². The van der Waals surface area contributed by atoms with E-state index in [2.05, 4.69) is 32.1 Å². The molecule has 0 nitrogen and oxygen atoms in total. The SMILES string of the molecule is [CH2]/C=C/C=C/C=C/C=C/CCCCCCCC. The molecule has 0 aromatic heterocycles. The lowest BCUT2D eigenvalue weighted by Gasteiger charge is -1.97. The van der Waals surface area contributed by atoms with Crippen LogP contribution in [-0.2, 0) is 0 Å². The van der Waals surface area contributed by atoms with Crippen molar-refractivity contribution in [2.45, 2.75) is 51.9 Å². The monoisotopic (exact) mass is 231 g/mol. The second kappa shape index (κ2) is 15.0. The van der Waals surface area contributed by atoms with E-state index in [0.29, 0.717) is 0 Å². The number of unbranched alkanes of at least 4 members (excludes halogenated alkanes) is 6. The van der Waals surface area contributed by atoms with Crippen molar-refractivity contribution in [2.24, 2.45) is 0 Å². The maximum Gasteiger partial charge on any atom is -0.0313 e. The van der Waals surface area contributed by atoms with Crippen LogP contribution in [-0.4, -0.2) is 0 Å². The predicted molar refractivity (Wildman–Crippen MR) is 79.9 cm³/mol. The standard InChI is InChI=1S/C17H27/c1-3-5-7-9-11-13-15-17-16-14-12-10-8-6-4-2/h3,5,7,9,11,13,15,17H,1,4,6,8,10,12,14,16H2,2H3/b5-3+,9-7+,13-11+,17-15+. The Balaban J connectivity index is 3.30. The molecule has 95 valence electrons. The molecule has 0 rings (SSSR count). The lowest BCUT2D eigenvalue weighted by atomic mass is 10.1. The smallest absolute Gasteiger partial charge is 0.0313 e. The average molecular weight is 231 g/mol. The van der Waals surface area contributed by atoms with Crippen LogP contribution in [0.4, 0.5) is 0 Å². The zero-order valence-corrected chi connectivity index (χ0v) is 11.3. The van der Waals surface area contributed by atoms with Crippen LogP contribution in [0.15, 0.2) is 48.6 Å². The lowest BCUT2D eigenvalue weighted by Crippen LogP contribution is -1.77. The molecule has 0 saturated carbocycles. The van der Waals surface area contributed by atoms with Gasteiger partial charge in [-0.25, -0.2) is 0 Å². The van der Waals surface area contributed by atoms with E-state index in [-0.39, 0.29) is 0 Å². The Kier molecular flexibility index (Phi) is 14.0. The van der Waals surface area contributed by atoms with Crippen molar-refractivity contribution in [3.05, 3.63) is 55.5 Å². The molecule has 0 aromatic carbocycles. The van der Waals surface area contributed by atoms with Crippen LogP contribution in [0.2, 0.25) is 0 Å². The van der Waals surface area contributed by atoms with Gasteiger partial charge in [-0.15, -0.1) is 0 Å². The molecule has 0 saturated heterocycles. The molecule has 0 heterocycles. The van der Waals surface area contributed by atoms with Crippen LogP contribution >= 0.6 is 0 Å². The molecule has 0 aromatic rings. The normalized spacial score (nSPS) is 12.8. The Morgan fingerprint density at radius 2 is 1.29 bits per heavy atom. The van der Waals surface area contributed by atoms with Crippen molar-refractivity contribution in [3.63, 3.8) is 0 Å². The van der Waals surface area contributed by atoms with Gasteiger partial charge in [0.1, 0.15) is 0 Å². The fraction of sp³-hybridized carbons (Fsp3) is 0.471. The van der Waals surface area contributed by atoms with E-state index < -0.39 is 0 Å². The summed E-state index contributed by atoms with van der Waals surface area (Å²) in [5, 5.41) is 0. The maximum absolute atomic E-state index is 3.61. The summed E-state index contributed by atoms with van der Waals surface area (Å²) in [6.07, 6.45) is 25.6. The molecule has 0 heteroatoms. The molecule has 0 aliphatic carbocycles. The topological polar surface area (TPSA) is 0 Å². The molecule has 0 aliphatic heterocycles. The first kappa shape index (κ1) is 16.0. The molecule has 0 N–H and O–H groups in total. The van der Waals surface area contributed by atoms with Gasteiger partial charge in [-0.1, -0.05) is 87.6 Å². The summed E-state index contributed by atoms with van der Waals surface area (Å²) in [6.45, 7) is 5.87. The predicted octanol–water partition coefficient (Wildman–Crippen LogP) is 5.80. The van der Waals surface area contributed by atoms with Crippen LogP contribution < -0.4 is 0 Å². The summed E-state index contributed by atoms with van der Waals surface area (Å²) < 4.78 is 0. The highest BCUT2D eigenvalue weighted by Gasteiger charge is 1.87. The van der Waals surface area contributed by atoms with Crippen molar-refractivity contribution in [1.82, 2.24) is 0 Å². The Morgan fingerprint density at radius 1 is 0.706 bits per heavy atom. The average Bonchev–Trinajstić information content (AvgIpc) is 2.35. The Hall–Kier alpha value is -1.04. The fourth-order valence-corrected chi connectivity index (χ4v) is 1.55. The summed E-state index contributed by atoms with van der Waals surface area (Å²) in [7, 11) is 0. The van der Waals surface area contributed by atoms with Crippen LogP contribution in [0.3, 0.4) is 0 Å². The highest BCUT2D eigenvalue weighted by Crippen LogP contribution is 2.07. The number of hydrogen-bond acceptors (Lipinski definition) is 0.